The molecule has 2 N–H and O–H groups in total. The van der Waals surface area contributed by atoms with Gasteiger partial charge in [-0.15, -0.1) is 35.3 Å². The Morgan fingerprint density at radius 3 is 2.55 bits per heavy atom. The van der Waals surface area contributed by atoms with Crippen molar-refractivity contribution in [1.29, 1.82) is 0 Å². The van der Waals surface area contributed by atoms with Crippen LogP contribution in [0.25, 0.3) is 0 Å². The zero-order chi connectivity index (χ0) is 20.0. The summed E-state index contributed by atoms with van der Waals surface area (Å²) >= 11 is 1.71. The molecule has 8 heteroatoms. The number of rotatable bonds is 12. The molecule has 1 heterocycles. The zero-order valence-electron chi connectivity index (χ0n) is 17.3. The number of halogens is 1. The molecule has 29 heavy (non-hydrogen) atoms. The lowest BCUT2D eigenvalue weighted by Gasteiger charge is -2.14. The monoisotopic (exact) mass is 533 g/mol. The van der Waals surface area contributed by atoms with Crippen LogP contribution < -0.4 is 15.4 Å². The van der Waals surface area contributed by atoms with Crippen molar-refractivity contribution in [2.75, 3.05) is 38.8 Å². The van der Waals surface area contributed by atoms with E-state index in [1.54, 1.807) is 18.4 Å². The van der Waals surface area contributed by atoms with E-state index in [9.17, 15) is 0 Å². The van der Waals surface area contributed by atoms with Crippen LogP contribution in [0, 0.1) is 0 Å². The molecule has 0 amide bonds. The number of benzene rings is 1. The second-order valence-corrected chi connectivity index (χ2v) is 7.48. The fourth-order valence-electron chi connectivity index (χ4n) is 2.35. The molecule has 0 saturated carbocycles. The average molecular weight is 533 g/mol. The lowest BCUT2D eigenvalue weighted by molar-refractivity contribution is 0.0699. The van der Waals surface area contributed by atoms with Crippen molar-refractivity contribution in [3.05, 3.63) is 46.7 Å². The van der Waals surface area contributed by atoms with E-state index in [2.05, 4.69) is 22.1 Å². The van der Waals surface area contributed by atoms with Gasteiger partial charge in [-0.1, -0.05) is 6.07 Å². The largest absolute Gasteiger partial charge is 0.491 e. The molecule has 2 aromatic rings. The first-order chi connectivity index (χ1) is 13.7. The summed E-state index contributed by atoms with van der Waals surface area (Å²) in [6.07, 6.45) is 1.06. The van der Waals surface area contributed by atoms with Crippen LogP contribution >= 0.6 is 35.3 Å². The van der Waals surface area contributed by atoms with E-state index in [0.717, 1.165) is 30.4 Å². The predicted octanol–water partition coefficient (Wildman–Crippen LogP) is 4.76. The van der Waals surface area contributed by atoms with Gasteiger partial charge in [-0.2, -0.15) is 0 Å². The number of aliphatic imine (C=N–C) groups is 1. The first kappa shape index (κ1) is 25.7. The Hall–Kier alpha value is -1.36. The number of nitrogens with one attached hydrogen (secondary N) is 2. The highest BCUT2D eigenvalue weighted by Crippen LogP contribution is 2.17. The summed E-state index contributed by atoms with van der Waals surface area (Å²) in [5, 5.41) is 8.80. The van der Waals surface area contributed by atoms with Gasteiger partial charge in [0.2, 0.25) is 0 Å². The Morgan fingerprint density at radius 1 is 1.10 bits per heavy atom. The van der Waals surface area contributed by atoms with Crippen LogP contribution in [0.2, 0.25) is 0 Å². The van der Waals surface area contributed by atoms with Crippen LogP contribution in [0.15, 0.2) is 46.8 Å². The van der Waals surface area contributed by atoms with Gasteiger partial charge in [-0.05, 0) is 56.0 Å². The second kappa shape index (κ2) is 15.5. The smallest absolute Gasteiger partial charge is 0.196 e. The minimum Gasteiger partial charge on any atom is -0.491 e. The summed E-state index contributed by atoms with van der Waals surface area (Å²) in [7, 11) is 1.68. The zero-order valence-corrected chi connectivity index (χ0v) is 20.5. The van der Waals surface area contributed by atoms with E-state index in [0.29, 0.717) is 26.4 Å². The third-order valence-corrected chi connectivity index (χ3v) is 4.51. The van der Waals surface area contributed by atoms with Crippen molar-refractivity contribution in [3.8, 4) is 5.75 Å². The third kappa shape index (κ3) is 11.4. The first-order valence-corrected chi connectivity index (χ1v) is 10.5. The molecule has 6 nitrogen and oxygen atoms in total. The number of guanidine groups is 1. The summed E-state index contributed by atoms with van der Waals surface area (Å²) in [5.74, 6) is 1.61. The Labute approximate surface area is 195 Å². The quantitative estimate of drug-likeness (QED) is 0.178. The molecule has 0 aliphatic carbocycles. The third-order valence-electron chi connectivity index (χ3n) is 3.65. The van der Waals surface area contributed by atoms with E-state index in [1.807, 2.05) is 44.2 Å². The van der Waals surface area contributed by atoms with Gasteiger partial charge in [0, 0.05) is 30.8 Å². The van der Waals surface area contributed by atoms with Crippen molar-refractivity contribution in [1.82, 2.24) is 5.32 Å². The SMILES string of the molecule is COCCOCCCNC(=NCc1cccs1)Nc1ccc(OC(C)C)cc1.I. The van der Waals surface area contributed by atoms with Crippen LogP contribution in [-0.4, -0.2) is 45.5 Å². The van der Waals surface area contributed by atoms with Crippen LogP contribution in [0.5, 0.6) is 5.75 Å². The van der Waals surface area contributed by atoms with E-state index in [-0.39, 0.29) is 30.1 Å². The standard InChI is InChI=1S/C21H31N3O3S.HI/c1-17(2)27-19-9-7-18(8-10-19)24-21(23-16-20-6-4-15-28-20)22-11-5-12-26-14-13-25-3;/h4,6-10,15,17H,5,11-14,16H2,1-3H3,(H2,22,23,24);1H. The van der Waals surface area contributed by atoms with E-state index >= 15 is 0 Å². The van der Waals surface area contributed by atoms with Gasteiger partial charge in [-0.3, -0.25) is 0 Å². The Bertz CT molecular complexity index is 679. The van der Waals surface area contributed by atoms with Crippen LogP contribution in [0.1, 0.15) is 25.1 Å². The van der Waals surface area contributed by atoms with E-state index in [1.165, 1.54) is 4.88 Å². The Morgan fingerprint density at radius 2 is 1.90 bits per heavy atom. The molecule has 0 aliphatic rings. The molecular weight excluding hydrogens is 501 g/mol. The molecule has 0 radical (unpaired) electrons. The van der Waals surface area contributed by atoms with Gasteiger partial charge in [0.15, 0.2) is 5.96 Å². The Balaban J connectivity index is 0.00000420. The van der Waals surface area contributed by atoms with Crippen LogP contribution in [0.4, 0.5) is 5.69 Å². The number of methoxy groups -OCH3 is 1. The van der Waals surface area contributed by atoms with Gasteiger partial charge in [0.05, 0.1) is 25.9 Å². The highest BCUT2D eigenvalue weighted by atomic mass is 127. The van der Waals surface area contributed by atoms with Crippen molar-refractivity contribution in [2.45, 2.75) is 32.9 Å². The molecule has 0 aliphatic heterocycles. The van der Waals surface area contributed by atoms with E-state index in [4.69, 9.17) is 19.2 Å². The molecule has 2 rings (SSSR count). The number of anilines is 1. The molecule has 0 unspecified atom stereocenters. The maximum absolute atomic E-state index is 5.70. The summed E-state index contributed by atoms with van der Waals surface area (Å²) in [6, 6.07) is 12.0. The highest BCUT2D eigenvalue weighted by molar-refractivity contribution is 14.0. The predicted molar refractivity (Wildman–Crippen MR) is 132 cm³/mol. The summed E-state index contributed by atoms with van der Waals surface area (Å²) in [6.45, 7) is 7.40. The van der Waals surface area contributed by atoms with E-state index < -0.39 is 0 Å². The Kier molecular flexibility index (Phi) is 13.7. The minimum atomic E-state index is 0. The molecule has 0 saturated heterocycles. The maximum Gasteiger partial charge on any atom is 0.196 e. The topological polar surface area (TPSA) is 64.1 Å². The lowest BCUT2D eigenvalue weighted by Crippen LogP contribution is -2.32. The van der Waals surface area contributed by atoms with Gasteiger partial charge >= 0.3 is 0 Å². The number of thiophene rings is 1. The molecule has 162 valence electrons. The highest BCUT2D eigenvalue weighted by Gasteiger charge is 2.03. The molecule has 1 aromatic heterocycles. The summed E-state index contributed by atoms with van der Waals surface area (Å²) in [4.78, 5) is 5.92. The maximum atomic E-state index is 5.70. The minimum absolute atomic E-state index is 0. The fraction of sp³-hybridized carbons (Fsp3) is 0.476. The van der Waals surface area contributed by atoms with Gasteiger partial charge in [0.1, 0.15) is 5.75 Å². The average Bonchev–Trinajstić information content (AvgIpc) is 3.20. The van der Waals surface area contributed by atoms with Crippen molar-refractivity contribution < 1.29 is 14.2 Å². The first-order valence-electron chi connectivity index (χ1n) is 9.58. The fourth-order valence-corrected chi connectivity index (χ4v) is 2.98. The number of hydrogen-bond donors (Lipinski definition) is 2. The number of hydrogen-bond acceptors (Lipinski definition) is 5. The second-order valence-electron chi connectivity index (χ2n) is 6.45. The molecule has 1 aromatic carbocycles. The molecule has 0 atom stereocenters. The van der Waals surface area contributed by atoms with Crippen molar-refractivity contribution in [3.63, 3.8) is 0 Å². The van der Waals surface area contributed by atoms with Crippen molar-refractivity contribution >= 4 is 47.0 Å². The summed E-state index contributed by atoms with van der Waals surface area (Å²) < 4.78 is 16.2. The molecular formula is C21H32IN3O3S. The molecule has 0 spiro atoms. The van der Waals surface area contributed by atoms with Crippen LogP contribution in [0.3, 0.4) is 0 Å². The lowest BCUT2D eigenvalue weighted by atomic mass is 10.3. The normalized spacial score (nSPS) is 11.2. The van der Waals surface area contributed by atoms with Crippen molar-refractivity contribution in [2.24, 2.45) is 4.99 Å². The number of ether oxygens (including phenoxy) is 3. The molecule has 0 bridgehead atoms. The van der Waals surface area contributed by atoms with Gasteiger partial charge < -0.3 is 24.8 Å². The van der Waals surface area contributed by atoms with Crippen LogP contribution in [-0.2, 0) is 16.0 Å². The summed E-state index contributed by atoms with van der Waals surface area (Å²) in [5.41, 5.74) is 0.963. The van der Waals surface area contributed by atoms with Gasteiger partial charge in [-0.25, -0.2) is 4.99 Å². The number of nitrogens with zero attached hydrogens (tertiary/aromatic N) is 1. The molecule has 0 fully saturated rings. The van der Waals surface area contributed by atoms with Gasteiger partial charge in [0.25, 0.3) is 0 Å².